The van der Waals surface area contributed by atoms with Gasteiger partial charge in [-0.05, 0) is 90.6 Å². The Hall–Kier alpha value is -3.90. The second kappa shape index (κ2) is 13.0. The highest BCUT2D eigenvalue weighted by molar-refractivity contribution is 9.10. The van der Waals surface area contributed by atoms with Crippen LogP contribution < -0.4 is 26.0 Å². The predicted octanol–water partition coefficient (Wildman–Crippen LogP) is 5.48. The van der Waals surface area contributed by atoms with E-state index in [1.165, 1.54) is 18.4 Å². The number of methoxy groups -OCH3 is 1. The number of nitrogens with zero attached hydrogens (tertiary/aromatic N) is 7. The van der Waals surface area contributed by atoms with Crippen LogP contribution in [-0.4, -0.2) is 87.3 Å². The lowest BCUT2D eigenvalue weighted by Crippen LogP contribution is -2.53. The Bertz CT molecular complexity index is 1980. The van der Waals surface area contributed by atoms with Gasteiger partial charge in [0.05, 0.1) is 40.0 Å². The van der Waals surface area contributed by atoms with Gasteiger partial charge in [0.25, 0.3) is 0 Å². The summed E-state index contributed by atoms with van der Waals surface area (Å²) >= 11 is 3.59. The lowest BCUT2D eigenvalue weighted by molar-refractivity contribution is 0.0730. The Morgan fingerprint density at radius 2 is 1.81 bits per heavy atom. The topological polar surface area (TPSA) is 135 Å². The molecule has 3 aromatic heterocycles. The van der Waals surface area contributed by atoms with Crippen molar-refractivity contribution in [2.75, 3.05) is 57.3 Å². The summed E-state index contributed by atoms with van der Waals surface area (Å²) in [6.45, 7) is 7.70. The molecule has 244 valence electrons. The van der Waals surface area contributed by atoms with Gasteiger partial charge >= 0.3 is 0 Å². The van der Waals surface area contributed by atoms with E-state index in [2.05, 4.69) is 69.0 Å². The highest BCUT2D eigenvalue weighted by Gasteiger charge is 2.35. The fourth-order valence-corrected chi connectivity index (χ4v) is 8.30. The van der Waals surface area contributed by atoms with Gasteiger partial charge < -0.3 is 25.3 Å². The molecule has 2 aliphatic heterocycles. The van der Waals surface area contributed by atoms with E-state index >= 15 is 0 Å². The van der Waals surface area contributed by atoms with Gasteiger partial charge in [-0.25, -0.2) is 4.98 Å². The molecule has 2 fully saturated rings. The smallest absolute Gasteiger partial charge is 0.229 e. The maximum absolute atomic E-state index is 13.5. The zero-order chi connectivity index (χ0) is 32.7. The number of likely N-dealkylation sites (tertiary alicyclic amines) is 1. The highest BCUT2D eigenvalue weighted by Crippen LogP contribution is 2.43. The van der Waals surface area contributed by atoms with Crippen LogP contribution in [0.2, 0.25) is 0 Å². The van der Waals surface area contributed by atoms with Crippen LogP contribution in [-0.2, 0) is 11.6 Å². The number of nitrogens with one attached hydrogen (secondary N) is 3. The van der Waals surface area contributed by atoms with Crippen molar-refractivity contribution in [1.82, 2.24) is 39.9 Å². The van der Waals surface area contributed by atoms with Gasteiger partial charge in [-0.2, -0.15) is 10.1 Å². The van der Waals surface area contributed by atoms with Crippen LogP contribution in [0.4, 0.5) is 23.1 Å². The SMILES string of the molecule is COc1cc(C2CN(C3CCNCC3)C2)c(-c2cnn(C)c2)cc1Nc1ncc(Br)c(Nc2ccc3nccnc3c2P(C)(C)=O)n1. The molecule has 0 amide bonds. The van der Waals surface area contributed by atoms with Crippen LogP contribution in [0.5, 0.6) is 5.75 Å². The molecule has 3 N–H and O–H groups in total. The Labute approximate surface area is 282 Å². The molecular weight excluding hydrogens is 679 g/mol. The molecule has 7 rings (SSSR count). The molecule has 5 aromatic rings. The monoisotopic (exact) mass is 716 g/mol. The molecule has 14 heteroatoms. The minimum atomic E-state index is -2.76. The molecule has 2 saturated heterocycles. The van der Waals surface area contributed by atoms with E-state index in [0.29, 0.717) is 56.0 Å². The van der Waals surface area contributed by atoms with E-state index in [1.807, 2.05) is 36.3 Å². The Kier molecular flexibility index (Phi) is 8.73. The number of benzene rings is 2. The molecule has 2 aromatic carbocycles. The van der Waals surface area contributed by atoms with Crippen LogP contribution in [0.3, 0.4) is 0 Å². The number of fused-ring (bicyclic) bond motifs is 1. The maximum Gasteiger partial charge on any atom is 0.229 e. The average molecular weight is 718 g/mol. The summed E-state index contributed by atoms with van der Waals surface area (Å²) in [7, 11) is 0.861. The van der Waals surface area contributed by atoms with Crippen molar-refractivity contribution in [1.29, 1.82) is 0 Å². The van der Waals surface area contributed by atoms with Gasteiger partial charge in [-0.1, -0.05) is 0 Å². The van der Waals surface area contributed by atoms with Crippen LogP contribution in [0.15, 0.2) is 59.7 Å². The van der Waals surface area contributed by atoms with Crippen LogP contribution in [0.25, 0.3) is 22.2 Å². The third-order valence-corrected chi connectivity index (χ3v) is 11.1. The lowest BCUT2D eigenvalue weighted by atomic mass is 9.84. The first-order valence-corrected chi connectivity index (χ1v) is 19.1. The van der Waals surface area contributed by atoms with Crippen molar-refractivity contribution >= 4 is 62.6 Å². The third kappa shape index (κ3) is 6.49. The number of piperidine rings is 1. The second-order valence-corrected chi connectivity index (χ2v) is 16.6. The van der Waals surface area contributed by atoms with Crippen molar-refractivity contribution in [2.45, 2.75) is 24.8 Å². The third-order valence-electron chi connectivity index (χ3n) is 8.96. The van der Waals surface area contributed by atoms with Crippen molar-refractivity contribution in [3.63, 3.8) is 0 Å². The van der Waals surface area contributed by atoms with Crippen molar-refractivity contribution in [3.8, 4) is 16.9 Å². The summed E-state index contributed by atoms with van der Waals surface area (Å²) in [4.78, 5) is 20.9. The molecule has 0 radical (unpaired) electrons. The van der Waals surface area contributed by atoms with Crippen LogP contribution >= 0.6 is 23.1 Å². The maximum atomic E-state index is 13.5. The zero-order valence-electron chi connectivity index (χ0n) is 26.9. The molecular formula is C33H38BrN10O2P. The van der Waals surface area contributed by atoms with Crippen LogP contribution in [0, 0.1) is 0 Å². The first-order chi connectivity index (χ1) is 22.7. The van der Waals surface area contributed by atoms with Gasteiger partial charge in [0, 0.05) is 62.4 Å². The number of aromatic nitrogens is 6. The number of hydrogen-bond acceptors (Lipinski definition) is 11. The lowest BCUT2D eigenvalue weighted by Gasteiger charge is -2.46. The van der Waals surface area contributed by atoms with Crippen LogP contribution in [0.1, 0.15) is 24.3 Å². The van der Waals surface area contributed by atoms with E-state index in [9.17, 15) is 4.57 Å². The predicted molar refractivity (Wildman–Crippen MR) is 190 cm³/mol. The van der Waals surface area contributed by atoms with Gasteiger partial charge in [0.1, 0.15) is 24.2 Å². The Morgan fingerprint density at radius 1 is 1.02 bits per heavy atom. The normalized spacial score (nSPS) is 16.3. The number of ether oxygens (including phenoxy) is 1. The summed E-state index contributed by atoms with van der Waals surface area (Å²) in [5.74, 6) is 1.99. The fourth-order valence-electron chi connectivity index (χ4n) is 6.62. The summed E-state index contributed by atoms with van der Waals surface area (Å²) in [6.07, 6.45) is 11.3. The molecule has 12 nitrogen and oxygen atoms in total. The van der Waals surface area contributed by atoms with Gasteiger partial charge in [-0.3, -0.25) is 19.5 Å². The molecule has 0 saturated carbocycles. The zero-order valence-corrected chi connectivity index (χ0v) is 29.3. The molecule has 0 unspecified atom stereocenters. The molecule has 0 atom stereocenters. The summed E-state index contributed by atoms with van der Waals surface area (Å²) in [5, 5.41) is 15.3. The standard InChI is InChI=1S/C33H38BrN10O2P/c1-43-17-20(15-39-43)23-13-28(29(46-2)14-24(23)21-18-44(19-21)22-7-9-35-10-8-22)41-33-38-16-25(34)32(42-33)40-27-6-5-26-30(37-12-11-36-26)31(27)47(3,4)45/h5-6,11-17,21-22,35H,7-10,18-19H2,1-4H3,(H2,38,40,41,42). The van der Waals surface area contributed by atoms with E-state index in [4.69, 9.17) is 9.72 Å². The largest absolute Gasteiger partial charge is 0.495 e. The van der Waals surface area contributed by atoms with E-state index in [0.717, 1.165) is 43.0 Å². The second-order valence-electron chi connectivity index (χ2n) is 12.6. The fraction of sp³-hybridized carbons (Fsp3) is 0.364. The quantitative estimate of drug-likeness (QED) is 0.168. The summed E-state index contributed by atoms with van der Waals surface area (Å²) < 4.78 is 21.9. The minimum absolute atomic E-state index is 0.373. The van der Waals surface area contributed by atoms with Gasteiger partial charge in [-0.15, -0.1) is 0 Å². The number of hydrogen-bond donors (Lipinski definition) is 3. The van der Waals surface area contributed by atoms with E-state index in [-0.39, 0.29) is 0 Å². The number of rotatable bonds is 9. The van der Waals surface area contributed by atoms with E-state index in [1.54, 1.807) is 39.0 Å². The summed E-state index contributed by atoms with van der Waals surface area (Å²) in [6, 6.07) is 8.63. The first-order valence-electron chi connectivity index (χ1n) is 15.7. The van der Waals surface area contributed by atoms with Gasteiger partial charge in [0.2, 0.25) is 5.95 Å². The van der Waals surface area contributed by atoms with Crippen molar-refractivity contribution in [3.05, 3.63) is 65.3 Å². The van der Waals surface area contributed by atoms with Crippen molar-refractivity contribution in [2.24, 2.45) is 7.05 Å². The molecule has 0 aliphatic carbocycles. The molecule has 5 heterocycles. The molecule has 0 spiro atoms. The molecule has 2 aliphatic rings. The Balaban J connectivity index is 1.21. The first kappa shape index (κ1) is 31.7. The van der Waals surface area contributed by atoms with Gasteiger partial charge in [0.15, 0.2) is 0 Å². The number of aryl methyl sites for hydroxylation is 1. The highest BCUT2D eigenvalue weighted by atomic mass is 79.9. The molecule has 47 heavy (non-hydrogen) atoms. The van der Waals surface area contributed by atoms with E-state index < -0.39 is 7.14 Å². The summed E-state index contributed by atoms with van der Waals surface area (Å²) in [5.41, 5.74) is 6.08. The molecule has 0 bridgehead atoms. The minimum Gasteiger partial charge on any atom is -0.495 e. The Morgan fingerprint density at radius 3 is 2.53 bits per heavy atom. The number of anilines is 4. The van der Waals surface area contributed by atoms with Crippen molar-refractivity contribution < 1.29 is 9.30 Å². The number of halogens is 1. The average Bonchev–Trinajstić information content (AvgIpc) is 3.48.